The molecule has 0 aliphatic carbocycles. The number of anilines is 2. The van der Waals surface area contributed by atoms with Crippen LogP contribution in [0.15, 0.2) is 29.6 Å². The molecule has 9 heteroatoms. The molecule has 1 aromatic heterocycles. The van der Waals surface area contributed by atoms with E-state index in [4.69, 9.17) is 11.6 Å². The SMILES string of the molecule is CC(C)N(C)C(=O)CN1CCN(C(=O)c2csc(Nc3ccc(Cl)cc3)n2)CC1. The van der Waals surface area contributed by atoms with Crippen LogP contribution in [0.2, 0.25) is 5.02 Å². The number of halogens is 1. The Morgan fingerprint density at radius 1 is 1.21 bits per heavy atom. The van der Waals surface area contributed by atoms with Crippen LogP contribution in [0.5, 0.6) is 0 Å². The highest BCUT2D eigenvalue weighted by molar-refractivity contribution is 7.14. The minimum atomic E-state index is -0.0734. The van der Waals surface area contributed by atoms with Gasteiger partial charge < -0.3 is 15.1 Å². The van der Waals surface area contributed by atoms with Gasteiger partial charge in [0, 0.05) is 55.4 Å². The second kappa shape index (κ2) is 9.56. The number of nitrogens with one attached hydrogen (secondary N) is 1. The maximum absolute atomic E-state index is 12.8. The topological polar surface area (TPSA) is 68.8 Å². The quantitative estimate of drug-likeness (QED) is 0.754. The van der Waals surface area contributed by atoms with Gasteiger partial charge in [0.15, 0.2) is 5.13 Å². The lowest BCUT2D eigenvalue weighted by Gasteiger charge is -2.35. The fourth-order valence-electron chi connectivity index (χ4n) is 2.95. The Hall–Kier alpha value is -2.16. The summed E-state index contributed by atoms with van der Waals surface area (Å²) in [5.41, 5.74) is 1.31. The minimum Gasteiger partial charge on any atom is -0.342 e. The van der Waals surface area contributed by atoms with Crippen LogP contribution in [0.25, 0.3) is 0 Å². The van der Waals surface area contributed by atoms with Gasteiger partial charge in [0.05, 0.1) is 6.54 Å². The highest BCUT2D eigenvalue weighted by atomic mass is 35.5. The number of rotatable bonds is 6. The van der Waals surface area contributed by atoms with Gasteiger partial charge in [-0.25, -0.2) is 4.98 Å². The maximum atomic E-state index is 12.8. The maximum Gasteiger partial charge on any atom is 0.273 e. The molecule has 3 rings (SSSR count). The Morgan fingerprint density at radius 2 is 1.86 bits per heavy atom. The standard InChI is InChI=1S/C20H26ClN5O2S/c1-14(2)24(3)18(27)12-25-8-10-26(11-9-25)19(28)17-13-29-20(23-17)22-16-6-4-15(21)5-7-16/h4-7,13-14H,8-12H2,1-3H3,(H,22,23). The van der Waals surface area contributed by atoms with E-state index >= 15 is 0 Å². The van der Waals surface area contributed by atoms with Crippen molar-refractivity contribution in [2.24, 2.45) is 0 Å². The van der Waals surface area contributed by atoms with Crippen LogP contribution in [0, 0.1) is 0 Å². The number of amides is 2. The van der Waals surface area contributed by atoms with E-state index in [2.05, 4.69) is 15.2 Å². The molecule has 1 N–H and O–H groups in total. The van der Waals surface area contributed by atoms with Crippen molar-refractivity contribution in [3.63, 3.8) is 0 Å². The molecule has 7 nitrogen and oxygen atoms in total. The predicted molar refractivity (Wildman–Crippen MR) is 117 cm³/mol. The minimum absolute atomic E-state index is 0.0734. The Bertz CT molecular complexity index is 847. The number of piperazine rings is 1. The first kappa shape index (κ1) is 21.5. The molecule has 1 aliphatic heterocycles. The number of likely N-dealkylation sites (N-methyl/N-ethyl adjacent to an activating group) is 1. The van der Waals surface area contributed by atoms with Crippen molar-refractivity contribution in [1.82, 2.24) is 19.7 Å². The van der Waals surface area contributed by atoms with Crippen molar-refractivity contribution in [3.8, 4) is 0 Å². The summed E-state index contributed by atoms with van der Waals surface area (Å²) in [7, 11) is 1.82. The van der Waals surface area contributed by atoms with E-state index in [0.717, 1.165) is 5.69 Å². The predicted octanol–water partition coefficient (Wildman–Crippen LogP) is 3.16. The molecule has 1 aliphatic rings. The Labute approximate surface area is 180 Å². The Morgan fingerprint density at radius 3 is 2.48 bits per heavy atom. The molecule has 2 aromatic rings. The number of hydrogen-bond acceptors (Lipinski definition) is 6. The second-order valence-corrected chi connectivity index (χ2v) is 8.63. The van der Waals surface area contributed by atoms with Crippen LogP contribution in [0.4, 0.5) is 10.8 Å². The lowest BCUT2D eigenvalue weighted by atomic mass is 10.2. The molecule has 0 unspecified atom stereocenters. The monoisotopic (exact) mass is 435 g/mol. The third kappa shape index (κ3) is 5.68. The number of thiazole rings is 1. The molecule has 1 aromatic carbocycles. The van der Waals surface area contributed by atoms with Gasteiger partial charge in [-0.15, -0.1) is 11.3 Å². The van der Waals surface area contributed by atoms with E-state index in [9.17, 15) is 9.59 Å². The molecule has 2 heterocycles. The van der Waals surface area contributed by atoms with E-state index in [1.54, 1.807) is 27.3 Å². The molecule has 1 saturated heterocycles. The van der Waals surface area contributed by atoms with Crippen molar-refractivity contribution < 1.29 is 9.59 Å². The van der Waals surface area contributed by atoms with E-state index in [0.29, 0.717) is 48.6 Å². The van der Waals surface area contributed by atoms with Gasteiger partial charge in [-0.05, 0) is 38.1 Å². The van der Waals surface area contributed by atoms with Crippen molar-refractivity contribution in [3.05, 3.63) is 40.4 Å². The zero-order valence-corrected chi connectivity index (χ0v) is 18.5. The molecule has 156 valence electrons. The van der Waals surface area contributed by atoms with Crippen LogP contribution in [0.1, 0.15) is 24.3 Å². The lowest BCUT2D eigenvalue weighted by molar-refractivity contribution is -0.132. The van der Waals surface area contributed by atoms with Gasteiger partial charge in [-0.2, -0.15) is 0 Å². The third-order valence-corrected chi connectivity index (χ3v) is 6.01. The number of benzene rings is 1. The van der Waals surface area contributed by atoms with Gasteiger partial charge in [0.2, 0.25) is 5.91 Å². The summed E-state index contributed by atoms with van der Waals surface area (Å²) in [6, 6.07) is 7.51. The number of aromatic nitrogens is 1. The molecule has 29 heavy (non-hydrogen) atoms. The Kier molecular flexibility index (Phi) is 7.10. The first-order valence-electron chi connectivity index (χ1n) is 9.59. The molecule has 0 atom stereocenters. The fraction of sp³-hybridized carbons (Fsp3) is 0.450. The number of carbonyl (C=O) groups excluding carboxylic acids is 2. The van der Waals surface area contributed by atoms with Crippen molar-refractivity contribution >= 4 is 45.6 Å². The van der Waals surface area contributed by atoms with E-state index in [1.807, 2.05) is 33.0 Å². The highest BCUT2D eigenvalue weighted by Crippen LogP contribution is 2.23. The smallest absolute Gasteiger partial charge is 0.273 e. The van der Waals surface area contributed by atoms with Gasteiger partial charge in [0.1, 0.15) is 5.69 Å². The first-order valence-corrected chi connectivity index (χ1v) is 10.8. The van der Waals surface area contributed by atoms with Gasteiger partial charge in [0.25, 0.3) is 5.91 Å². The number of nitrogens with zero attached hydrogens (tertiary/aromatic N) is 4. The van der Waals surface area contributed by atoms with E-state index in [-0.39, 0.29) is 17.9 Å². The average Bonchev–Trinajstić information content (AvgIpc) is 3.17. The number of hydrogen-bond donors (Lipinski definition) is 1. The average molecular weight is 436 g/mol. The van der Waals surface area contributed by atoms with E-state index in [1.165, 1.54) is 11.3 Å². The third-order valence-electron chi connectivity index (χ3n) is 5.01. The fourth-order valence-corrected chi connectivity index (χ4v) is 3.78. The van der Waals surface area contributed by atoms with E-state index < -0.39 is 0 Å². The zero-order chi connectivity index (χ0) is 21.0. The molecular formula is C20H26ClN5O2S. The molecule has 2 amide bonds. The number of carbonyl (C=O) groups is 2. The summed E-state index contributed by atoms with van der Waals surface area (Å²) >= 11 is 7.29. The summed E-state index contributed by atoms with van der Waals surface area (Å²) < 4.78 is 0. The second-order valence-electron chi connectivity index (χ2n) is 7.34. The summed E-state index contributed by atoms with van der Waals surface area (Å²) in [5.74, 6) is 0.0351. The summed E-state index contributed by atoms with van der Waals surface area (Å²) in [6.07, 6.45) is 0. The molecule has 0 saturated carbocycles. The highest BCUT2D eigenvalue weighted by Gasteiger charge is 2.25. The van der Waals surface area contributed by atoms with Gasteiger partial charge in [-0.1, -0.05) is 11.6 Å². The summed E-state index contributed by atoms with van der Waals surface area (Å²) in [6.45, 7) is 6.94. The van der Waals surface area contributed by atoms with Crippen LogP contribution in [-0.2, 0) is 4.79 Å². The molecule has 0 bridgehead atoms. The first-order chi connectivity index (χ1) is 13.8. The van der Waals surface area contributed by atoms with Gasteiger partial charge in [-0.3, -0.25) is 14.5 Å². The molecule has 0 radical (unpaired) electrons. The van der Waals surface area contributed by atoms with Crippen molar-refractivity contribution in [2.75, 3.05) is 45.1 Å². The largest absolute Gasteiger partial charge is 0.342 e. The van der Waals surface area contributed by atoms with Gasteiger partial charge >= 0.3 is 0 Å². The molecule has 0 spiro atoms. The van der Waals surface area contributed by atoms with Crippen LogP contribution in [-0.4, -0.2) is 77.3 Å². The lowest BCUT2D eigenvalue weighted by Crippen LogP contribution is -2.51. The molecule has 1 fully saturated rings. The summed E-state index contributed by atoms with van der Waals surface area (Å²) in [4.78, 5) is 35.1. The van der Waals surface area contributed by atoms with Crippen molar-refractivity contribution in [2.45, 2.75) is 19.9 Å². The van der Waals surface area contributed by atoms with Crippen LogP contribution in [0.3, 0.4) is 0 Å². The van der Waals surface area contributed by atoms with Crippen molar-refractivity contribution in [1.29, 1.82) is 0 Å². The summed E-state index contributed by atoms with van der Waals surface area (Å²) in [5, 5.41) is 6.29. The molecular weight excluding hydrogens is 410 g/mol. The normalized spacial score (nSPS) is 14.9. The van der Waals surface area contributed by atoms with Crippen LogP contribution >= 0.6 is 22.9 Å². The van der Waals surface area contributed by atoms with Crippen LogP contribution < -0.4 is 5.32 Å². The zero-order valence-electron chi connectivity index (χ0n) is 16.9. The Balaban J connectivity index is 1.51.